The fourth-order valence-electron chi connectivity index (χ4n) is 6.45. The van der Waals surface area contributed by atoms with Gasteiger partial charge in [0.25, 0.3) is 0 Å². The molecule has 0 radical (unpaired) electrons. The molecule has 0 amide bonds. The first kappa shape index (κ1) is 55.5. The monoisotopic (exact) mass is 831 g/mol. The van der Waals surface area contributed by atoms with Crippen LogP contribution in [0.25, 0.3) is 0 Å². The van der Waals surface area contributed by atoms with E-state index in [1.54, 1.807) is 0 Å². The number of aliphatic hydroxyl groups excluding tert-OH is 2. The van der Waals surface area contributed by atoms with Crippen molar-refractivity contribution in [1.82, 2.24) is 0 Å². The molecular weight excluding hydrogens is 743 g/mol. The van der Waals surface area contributed by atoms with Crippen molar-refractivity contribution in [2.24, 2.45) is 0 Å². The second-order valence-corrected chi connectivity index (χ2v) is 17.2. The van der Waals surface area contributed by atoms with Crippen molar-refractivity contribution in [1.29, 1.82) is 0 Å². The van der Waals surface area contributed by atoms with Crippen LogP contribution in [-0.4, -0.2) is 65.7 Å². The van der Waals surface area contributed by atoms with E-state index >= 15 is 0 Å². The van der Waals surface area contributed by atoms with Crippen LogP contribution in [0.1, 0.15) is 219 Å². The highest BCUT2D eigenvalue weighted by Gasteiger charge is 2.27. The summed E-state index contributed by atoms with van der Waals surface area (Å²) in [6.45, 7) is 2.38. The number of phosphoric acid groups is 1. The average Bonchev–Trinajstić information content (AvgIpc) is 3.20. The van der Waals surface area contributed by atoms with E-state index < -0.39 is 51.8 Å². The Morgan fingerprint density at radius 3 is 1.26 bits per heavy atom. The minimum atomic E-state index is -4.62. The predicted molar refractivity (Wildman–Crippen MR) is 233 cm³/mol. The molecule has 0 saturated heterocycles. The van der Waals surface area contributed by atoms with Gasteiger partial charge in [-0.2, -0.15) is 0 Å². The zero-order chi connectivity index (χ0) is 41.9. The fourth-order valence-corrected chi connectivity index (χ4v) is 7.24. The van der Waals surface area contributed by atoms with Crippen LogP contribution in [0.5, 0.6) is 0 Å². The Morgan fingerprint density at radius 1 is 0.509 bits per heavy atom. The number of unbranched alkanes of at least 4 members (excludes halogenated alkanes) is 26. The standard InChI is InChI=1S/C46H87O10P/c1-3-5-7-9-11-13-15-17-19-20-21-22-24-26-28-30-32-34-36-38-46(50)56-44(42-55-57(51,52)54-40-43(48)39-47)41-53-45(49)37-35-33-31-29-27-25-23-18-16-14-12-10-8-6-4-2/h18,20-21,23,43-44,47-48H,3-17,19,22,24-42H2,1-2H3,(H,51,52)/b21-20-,23-18-/t43-,44+/m0/s1. The number of allylic oxidation sites excluding steroid dienone is 4. The van der Waals surface area contributed by atoms with Crippen LogP contribution < -0.4 is 0 Å². The van der Waals surface area contributed by atoms with Gasteiger partial charge in [0.2, 0.25) is 0 Å². The SMILES string of the molecule is CCCCCCCC/C=C\CCCCCCCC(=O)OC[C@H](COP(=O)(O)OC[C@@H](O)CO)OC(=O)CCCCCCCCC/C=C\CCCCCCCCCC. The molecule has 0 aromatic rings. The molecule has 336 valence electrons. The van der Waals surface area contributed by atoms with E-state index in [0.29, 0.717) is 12.8 Å². The lowest BCUT2D eigenvalue weighted by Gasteiger charge is -2.20. The number of esters is 2. The zero-order valence-electron chi connectivity index (χ0n) is 36.6. The number of aliphatic hydroxyl groups is 2. The molecule has 0 heterocycles. The second-order valence-electron chi connectivity index (χ2n) is 15.8. The Kier molecular flexibility index (Phi) is 41.4. The maximum absolute atomic E-state index is 12.6. The Morgan fingerprint density at radius 2 is 0.860 bits per heavy atom. The highest BCUT2D eigenvalue weighted by Crippen LogP contribution is 2.43. The molecular formula is C46H87O10P. The van der Waals surface area contributed by atoms with Gasteiger partial charge in [-0.15, -0.1) is 0 Å². The summed E-state index contributed by atoms with van der Waals surface area (Å²) >= 11 is 0. The van der Waals surface area contributed by atoms with Gasteiger partial charge in [0.1, 0.15) is 12.7 Å². The quantitative estimate of drug-likeness (QED) is 0.0234. The lowest BCUT2D eigenvalue weighted by Crippen LogP contribution is -2.29. The summed E-state index contributed by atoms with van der Waals surface area (Å²) in [5, 5.41) is 18.4. The van der Waals surface area contributed by atoms with Gasteiger partial charge in [0.15, 0.2) is 6.10 Å². The molecule has 0 aromatic carbocycles. The van der Waals surface area contributed by atoms with Crippen LogP contribution in [0.4, 0.5) is 0 Å². The first-order valence-electron chi connectivity index (χ1n) is 23.3. The molecule has 1 unspecified atom stereocenters. The van der Waals surface area contributed by atoms with E-state index in [1.165, 1.54) is 122 Å². The molecule has 3 atom stereocenters. The van der Waals surface area contributed by atoms with E-state index in [2.05, 4.69) is 38.2 Å². The Balaban J connectivity index is 4.25. The molecule has 0 saturated carbocycles. The van der Waals surface area contributed by atoms with Gasteiger partial charge >= 0.3 is 19.8 Å². The average molecular weight is 831 g/mol. The van der Waals surface area contributed by atoms with E-state index in [9.17, 15) is 24.2 Å². The molecule has 0 rings (SSSR count). The fraction of sp³-hybridized carbons (Fsp3) is 0.870. The van der Waals surface area contributed by atoms with E-state index in [4.69, 9.17) is 23.6 Å². The lowest BCUT2D eigenvalue weighted by atomic mass is 10.1. The molecule has 0 aliphatic rings. The topological polar surface area (TPSA) is 149 Å². The number of carbonyl (C=O) groups excluding carboxylic acids is 2. The highest BCUT2D eigenvalue weighted by molar-refractivity contribution is 7.47. The number of hydrogen-bond donors (Lipinski definition) is 3. The number of ether oxygens (including phenoxy) is 2. The second kappa shape index (κ2) is 42.6. The van der Waals surface area contributed by atoms with Gasteiger partial charge in [0, 0.05) is 12.8 Å². The van der Waals surface area contributed by atoms with Crippen molar-refractivity contribution in [3.63, 3.8) is 0 Å². The normalized spacial score (nSPS) is 14.0. The van der Waals surface area contributed by atoms with Crippen LogP contribution in [-0.2, 0) is 32.7 Å². The van der Waals surface area contributed by atoms with Crippen LogP contribution in [0.3, 0.4) is 0 Å². The van der Waals surface area contributed by atoms with Crippen LogP contribution >= 0.6 is 7.82 Å². The van der Waals surface area contributed by atoms with Gasteiger partial charge < -0.3 is 24.6 Å². The Bertz CT molecular complexity index is 1000. The first-order chi connectivity index (χ1) is 27.7. The number of carbonyl (C=O) groups is 2. The third-order valence-electron chi connectivity index (χ3n) is 10.1. The number of hydrogen-bond acceptors (Lipinski definition) is 9. The minimum Gasteiger partial charge on any atom is -0.462 e. The maximum Gasteiger partial charge on any atom is 0.472 e. The first-order valence-corrected chi connectivity index (χ1v) is 24.8. The smallest absolute Gasteiger partial charge is 0.462 e. The summed E-state index contributed by atoms with van der Waals surface area (Å²) in [5.41, 5.74) is 0. The molecule has 0 aromatic heterocycles. The third kappa shape index (κ3) is 42.4. The van der Waals surface area contributed by atoms with Gasteiger partial charge in [-0.3, -0.25) is 18.6 Å². The van der Waals surface area contributed by atoms with Gasteiger partial charge in [0.05, 0.1) is 19.8 Å². The molecule has 11 heteroatoms. The van der Waals surface area contributed by atoms with Crippen molar-refractivity contribution in [3.05, 3.63) is 24.3 Å². The molecule has 0 aliphatic carbocycles. The van der Waals surface area contributed by atoms with E-state index in [1.807, 2.05) is 0 Å². The summed E-state index contributed by atoms with van der Waals surface area (Å²) in [7, 11) is -4.62. The number of phosphoric ester groups is 1. The Hall–Kier alpha value is -1.55. The Labute approximate surface area is 348 Å². The summed E-state index contributed by atoms with van der Waals surface area (Å²) in [4.78, 5) is 35.0. The maximum atomic E-state index is 12.6. The van der Waals surface area contributed by atoms with Crippen molar-refractivity contribution < 1.29 is 47.8 Å². The molecule has 3 N–H and O–H groups in total. The molecule has 0 aliphatic heterocycles. The third-order valence-corrected chi connectivity index (χ3v) is 11.0. The number of rotatable bonds is 44. The molecule has 0 bridgehead atoms. The molecule has 10 nitrogen and oxygen atoms in total. The predicted octanol–water partition coefficient (Wildman–Crippen LogP) is 12.6. The summed E-state index contributed by atoms with van der Waals surface area (Å²) < 4.78 is 32.8. The molecule has 57 heavy (non-hydrogen) atoms. The van der Waals surface area contributed by atoms with Crippen LogP contribution in [0, 0.1) is 0 Å². The summed E-state index contributed by atoms with van der Waals surface area (Å²) in [6, 6.07) is 0. The van der Waals surface area contributed by atoms with Crippen LogP contribution in [0.2, 0.25) is 0 Å². The van der Waals surface area contributed by atoms with Crippen molar-refractivity contribution in [2.75, 3.05) is 26.4 Å². The van der Waals surface area contributed by atoms with Crippen molar-refractivity contribution >= 4 is 19.8 Å². The van der Waals surface area contributed by atoms with Gasteiger partial charge in [-0.25, -0.2) is 4.57 Å². The minimum absolute atomic E-state index is 0.180. The van der Waals surface area contributed by atoms with E-state index in [0.717, 1.165) is 57.8 Å². The zero-order valence-corrected chi connectivity index (χ0v) is 37.5. The van der Waals surface area contributed by atoms with Gasteiger partial charge in [-0.05, 0) is 64.2 Å². The van der Waals surface area contributed by atoms with E-state index in [-0.39, 0.29) is 19.4 Å². The molecule has 0 spiro atoms. The van der Waals surface area contributed by atoms with Gasteiger partial charge in [-0.1, -0.05) is 167 Å². The largest absolute Gasteiger partial charge is 0.472 e. The lowest BCUT2D eigenvalue weighted by molar-refractivity contribution is -0.161. The highest BCUT2D eigenvalue weighted by atomic mass is 31.2. The van der Waals surface area contributed by atoms with Crippen molar-refractivity contribution in [2.45, 2.75) is 232 Å². The van der Waals surface area contributed by atoms with Crippen LogP contribution in [0.15, 0.2) is 24.3 Å². The van der Waals surface area contributed by atoms with Crippen molar-refractivity contribution in [3.8, 4) is 0 Å². The molecule has 0 fully saturated rings. The summed E-state index contributed by atoms with van der Waals surface area (Å²) in [5.74, 6) is -0.932. The summed E-state index contributed by atoms with van der Waals surface area (Å²) in [6.07, 6.45) is 42.8.